The molecule has 0 aliphatic carbocycles. The zero-order chi connectivity index (χ0) is 21.4. The van der Waals surface area contributed by atoms with Crippen LogP contribution in [0.15, 0.2) is 0 Å². The van der Waals surface area contributed by atoms with Gasteiger partial charge in [-0.25, -0.2) is 0 Å². The van der Waals surface area contributed by atoms with Crippen LogP contribution >= 0.6 is 0 Å². The molecule has 10 heteroatoms. The molecule has 1 heterocycles. The molecule has 1 aliphatic rings. The van der Waals surface area contributed by atoms with E-state index in [1.807, 2.05) is 13.8 Å². The number of hydrogen-bond donors (Lipinski definition) is 1. The third kappa shape index (κ3) is 7.81. The lowest BCUT2D eigenvalue weighted by molar-refractivity contribution is -0.279. The molecule has 0 unspecified atom stereocenters. The summed E-state index contributed by atoms with van der Waals surface area (Å²) in [5, 5.41) is 2.63. The van der Waals surface area contributed by atoms with E-state index in [0.29, 0.717) is 6.61 Å². The van der Waals surface area contributed by atoms with E-state index < -0.39 is 54.5 Å². The summed E-state index contributed by atoms with van der Waals surface area (Å²) < 4.78 is 27.2. The van der Waals surface area contributed by atoms with Crippen molar-refractivity contribution >= 4 is 23.8 Å². The van der Waals surface area contributed by atoms with Gasteiger partial charge in [0.1, 0.15) is 18.8 Å². The molecule has 160 valence electrons. The molecular weight excluding hydrogens is 374 g/mol. The van der Waals surface area contributed by atoms with Crippen LogP contribution in [0.3, 0.4) is 0 Å². The molecule has 0 spiro atoms. The topological polar surface area (TPSA) is 126 Å². The van der Waals surface area contributed by atoms with Gasteiger partial charge in [-0.3, -0.25) is 19.2 Å². The van der Waals surface area contributed by atoms with Crippen molar-refractivity contribution in [2.24, 2.45) is 5.92 Å². The molecule has 1 fully saturated rings. The minimum Gasteiger partial charge on any atom is -0.463 e. The van der Waals surface area contributed by atoms with Gasteiger partial charge < -0.3 is 29.0 Å². The first-order valence-electron chi connectivity index (χ1n) is 9.03. The van der Waals surface area contributed by atoms with E-state index in [4.69, 9.17) is 23.7 Å². The Morgan fingerprint density at radius 3 is 1.96 bits per heavy atom. The lowest BCUT2D eigenvalue weighted by Gasteiger charge is -2.45. The lowest BCUT2D eigenvalue weighted by atomic mass is 9.96. The van der Waals surface area contributed by atoms with Crippen LogP contribution in [0, 0.1) is 5.92 Å². The first kappa shape index (κ1) is 23.8. The Bertz CT molecular complexity index is 577. The molecule has 0 aromatic rings. The van der Waals surface area contributed by atoms with Crippen molar-refractivity contribution in [1.82, 2.24) is 5.32 Å². The number of rotatable bonds is 8. The largest absolute Gasteiger partial charge is 0.463 e. The van der Waals surface area contributed by atoms with Crippen LogP contribution in [0.4, 0.5) is 0 Å². The van der Waals surface area contributed by atoms with Crippen molar-refractivity contribution in [3.05, 3.63) is 0 Å². The van der Waals surface area contributed by atoms with E-state index in [0.717, 1.165) is 0 Å². The smallest absolute Gasteiger partial charge is 0.303 e. The Balaban J connectivity index is 3.24. The van der Waals surface area contributed by atoms with Gasteiger partial charge >= 0.3 is 17.9 Å². The summed E-state index contributed by atoms with van der Waals surface area (Å²) in [4.78, 5) is 46.2. The molecular formula is C18H29NO9. The second-order valence-electron chi connectivity index (χ2n) is 6.95. The maximum atomic E-state index is 11.7. The first-order valence-corrected chi connectivity index (χ1v) is 9.03. The fraction of sp³-hybridized carbons (Fsp3) is 0.778. The van der Waals surface area contributed by atoms with Crippen LogP contribution in [0.2, 0.25) is 0 Å². The van der Waals surface area contributed by atoms with Gasteiger partial charge in [-0.2, -0.15) is 0 Å². The summed E-state index contributed by atoms with van der Waals surface area (Å²) in [5.74, 6) is -2.11. The molecule has 1 amide bonds. The molecule has 1 saturated heterocycles. The van der Waals surface area contributed by atoms with Gasteiger partial charge in [0.25, 0.3) is 0 Å². The molecule has 0 aromatic carbocycles. The average molecular weight is 403 g/mol. The highest BCUT2D eigenvalue weighted by atomic mass is 16.7. The quantitative estimate of drug-likeness (QED) is 0.450. The molecule has 1 N–H and O–H groups in total. The Morgan fingerprint density at radius 2 is 1.50 bits per heavy atom. The number of carbonyl (C=O) groups is 4. The predicted octanol–water partition coefficient (Wildman–Crippen LogP) is 0.315. The van der Waals surface area contributed by atoms with Gasteiger partial charge in [-0.15, -0.1) is 0 Å². The Labute approximate surface area is 164 Å². The summed E-state index contributed by atoms with van der Waals surface area (Å²) in [7, 11) is 0. The summed E-state index contributed by atoms with van der Waals surface area (Å²) in [5.41, 5.74) is 0. The monoisotopic (exact) mass is 403 g/mol. The molecule has 0 bridgehead atoms. The zero-order valence-electron chi connectivity index (χ0n) is 17.1. The summed E-state index contributed by atoms with van der Waals surface area (Å²) in [6.45, 7) is 8.79. The van der Waals surface area contributed by atoms with Crippen molar-refractivity contribution in [2.75, 3.05) is 13.2 Å². The minimum atomic E-state index is -1.11. The average Bonchev–Trinajstić information content (AvgIpc) is 2.54. The SMILES string of the molecule is CC(=O)N[C@@H]1[C@H](OCC(C)C)O[C@H](COC(C)=O)[C@H](OC(C)=O)[C@@H]1OC(C)=O. The van der Waals surface area contributed by atoms with Crippen molar-refractivity contribution in [3.8, 4) is 0 Å². The van der Waals surface area contributed by atoms with Crippen LogP contribution in [-0.2, 0) is 42.9 Å². The standard InChI is InChI=1S/C18H29NO9/c1-9(2)7-25-18-15(19-10(3)20)17(27-13(6)23)16(26-12(5)22)14(28-18)8-24-11(4)21/h9,14-18H,7-8H2,1-6H3,(H,19,20)/t14-,15+,16+,17-,18-/m1/s1. The highest BCUT2D eigenvalue weighted by Crippen LogP contribution is 2.28. The molecule has 0 aromatic heterocycles. The number of ether oxygens (including phenoxy) is 5. The lowest BCUT2D eigenvalue weighted by Crippen LogP contribution is -2.66. The molecule has 1 aliphatic heterocycles. The third-order valence-corrected chi connectivity index (χ3v) is 3.67. The molecule has 5 atom stereocenters. The van der Waals surface area contributed by atoms with E-state index in [2.05, 4.69) is 5.32 Å². The molecule has 10 nitrogen and oxygen atoms in total. The maximum Gasteiger partial charge on any atom is 0.303 e. The van der Waals surface area contributed by atoms with Crippen LogP contribution in [0.5, 0.6) is 0 Å². The van der Waals surface area contributed by atoms with Crippen molar-refractivity contribution in [2.45, 2.75) is 72.2 Å². The molecule has 1 rings (SSSR count). The van der Waals surface area contributed by atoms with E-state index >= 15 is 0 Å². The second kappa shape index (κ2) is 11.0. The number of hydrogen-bond acceptors (Lipinski definition) is 9. The fourth-order valence-electron chi connectivity index (χ4n) is 2.72. The van der Waals surface area contributed by atoms with Crippen LogP contribution in [-0.4, -0.2) is 67.7 Å². The van der Waals surface area contributed by atoms with Gasteiger partial charge in [0.05, 0.1) is 6.61 Å². The van der Waals surface area contributed by atoms with Gasteiger partial charge in [0.15, 0.2) is 18.5 Å². The van der Waals surface area contributed by atoms with Gasteiger partial charge in [0.2, 0.25) is 5.91 Å². The normalized spacial score (nSPS) is 27.0. The van der Waals surface area contributed by atoms with Crippen molar-refractivity contribution < 1.29 is 42.9 Å². The highest BCUT2D eigenvalue weighted by Gasteiger charge is 2.51. The summed E-state index contributed by atoms with van der Waals surface area (Å²) >= 11 is 0. The van der Waals surface area contributed by atoms with Crippen molar-refractivity contribution in [1.29, 1.82) is 0 Å². The number of esters is 3. The van der Waals surface area contributed by atoms with Crippen LogP contribution < -0.4 is 5.32 Å². The fourth-order valence-corrected chi connectivity index (χ4v) is 2.72. The van der Waals surface area contributed by atoms with E-state index in [-0.39, 0.29) is 12.5 Å². The third-order valence-electron chi connectivity index (χ3n) is 3.67. The molecule has 0 saturated carbocycles. The number of carbonyl (C=O) groups excluding carboxylic acids is 4. The number of nitrogens with one attached hydrogen (secondary N) is 1. The predicted molar refractivity (Wildman–Crippen MR) is 94.8 cm³/mol. The van der Waals surface area contributed by atoms with Crippen LogP contribution in [0.1, 0.15) is 41.5 Å². The van der Waals surface area contributed by atoms with E-state index in [9.17, 15) is 19.2 Å². The Morgan fingerprint density at radius 1 is 0.929 bits per heavy atom. The van der Waals surface area contributed by atoms with Crippen LogP contribution in [0.25, 0.3) is 0 Å². The van der Waals surface area contributed by atoms with Gasteiger partial charge in [0, 0.05) is 27.7 Å². The Hall–Kier alpha value is -2.20. The van der Waals surface area contributed by atoms with Crippen molar-refractivity contribution in [3.63, 3.8) is 0 Å². The van der Waals surface area contributed by atoms with E-state index in [1.165, 1.54) is 27.7 Å². The summed E-state index contributed by atoms with van der Waals surface area (Å²) in [6.07, 6.45) is -4.18. The number of amides is 1. The second-order valence-corrected chi connectivity index (χ2v) is 6.95. The summed E-state index contributed by atoms with van der Waals surface area (Å²) in [6, 6.07) is -0.932. The highest BCUT2D eigenvalue weighted by molar-refractivity contribution is 5.73. The first-order chi connectivity index (χ1) is 13.0. The zero-order valence-corrected chi connectivity index (χ0v) is 17.1. The van der Waals surface area contributed by atoms with Gasteiger partial charge in [-0.1, -0.05) is 13.8 Å². The maximum absolute atomic E-state index is 11.7. The molecule has 0 radical (unpaired) electrons. The minimum absolute atomic E-state index is 0.159. The Kier molecular flexibility index (Phi) is 9.33. The van der Waals surface area contributed by atoms with E-state index in [1.54, 1.807) is 0 Å². The van der Waals surface area contributed by atoms with Gasteiger partial charge in [-0.05, 0) is 5.92 Å². The molecule has 28 heavy (non-hydrogen) atoms.